The third kappa shape index (κ3) is 3.11. The van der Waals surface area contributed by atoms with Crippen LogP contribution in [0.2, 0.25) is 0 Å². The fraction of sp³-hybridized carbons (Fsp3) is 0.304. The maximum absolute atomic E-state index is 12.3. The average molecular weight is 425 g/mol. The molecule has 3 aromatic rings. The molecule has 0 saturated heterocycles. The molecule has 1 aliphatic heterocycles. The summed E-state index contributed by atoms with van der Waals surface area (Å²) in [4.78, 5) is 15.7. The van der Waals surface area contributed by atoms with Crippen molar-refractivity contribution in [3.05, 3.63) is 63.1 Å². The standard InChI is InChI=1S/C23H24N2O2S2/c1-6-27-22(26)15-9-12-17-18(13-15)24(5)23(3,4)20-19(17)21(28)25(29-20)16-10-7-14(2)8-11-16/h7-13H,6H2,1-5H3. The molecule has 6 heteroatoms. The van der Waals surface area contributed by atoms with Gasteiger partial charge in [0.15, 0.2) is 0 Å². The Morgan fingerprint density at radius 1 is 1.17 bits per heavy atom. The summed E-state index contributed by atoms with van der Waals surface area (Å²) in [6.45, 7) is 8.64. The van der Waals surface area contributed by atoms with Gasteiger partial charge in [0.1, 0.15) is 4.64 Å². The van der Waals surface area contributed by atoms with Gasteiger partial charge in [0.05, 0.1) is 28.3 Å². The molecule has 0 N–H and O–H groups in total. The molecule has 29 heavy (non-hydrogen) atoms. The van der Waals surface area contributed by atoms with Gasteiger partial charge in [-0.15, -0.1) is 0 Å². The number of anilines is 1. The van der Waals surface area contributed by atoms with Gasteiger partial charge < -0.3 is 9.64 Å². The summed E-state index contributed by atoms with van der Waals surface area (Å²) in [5.41, 5.74) is 5.73. The lowest BCUT2D eigenvalue weighted by molar-refractivity contribution is 0.0526. The Kier molecular flexibility index (Phi) is 4.87. The van der Waals surface area contributed by atoms with Gasteiger partial charge in [0.25, 0.3) is 0 Å². The number of hydrogen-bond donors (Lipinski definition) is 0. The van der Waals surface area contributed by atoms with Crippen LogP contribution in [0.3, 0.4) is 0 Å². The SMILES string of the molecule is CCOC(=O)c1ccc2c(c1)N(C)C(C)(C)c1sn(-c3ccc(C)cc3)c(=S)c1-2. The lowest BCUT2D eigenvalue weighted by atomic mass is 9.87. The summed E-state index contributed by atoms with van der Waals surface area (Å²) < 4.78 is 8.12. The quantitative estimate of drug-likeness (QED) is 0.375. The van der Waals surface area contributed by atoms with E-state index in [9.17, 15) is 4.79 Å². The minimum Gasteiger partial charge on any atom is -0.462 e. The van der Waals surface area contributed by atoms with Crippen molar-refractivity contribution >= 4 is 35.4 Å². The van der Waals surface area contributed by atoms with Crippen LogP contribution in [0.4, 0.5) is 5.69 Å². The minimum absolute atomic E-state index is 0.260. The van der Waals surface area contributed by atoms with E-state index >= 15 is 0 Å². The third-order valence-corrected chi connectivity index (χ3v) is 7.57. The molecule has 4 nitrogen and oxygen atoms in total. The van der Waals surface area contributed by atoms with Crippen molar-refractivity contribution in [2.24, 2.45) is 0 Å². The predicted octanol–water partition coefficient (Wildman–Crippen LogP) is 6.11. The first-order valence-corrected chi connectivity index (χ1v) is 10.8. The van der Waals surface area contributed by atoms with Gasteiger partial charge in [0.2, 0.25) is 0 Å². The van der Waals surface area contributed by atoms with Crippen LogP contribution in [-0.2, 0) is 10.3 Å². The molecule has 0 spiro atoms. The Labute approximate surface area is 180 Å². The maximum Gasteiger partial charge on any atom is 0.338 e. The highest BCUT2D eigenvalue weighted by Gasteiger charge is 2.39. The summed E-state index contributed by atoms with van der Waals surface area (Å²) in [6.07, 6.45) is 0. The number of ether oxygens (including phenoxy) is 1. The van der Waals surface area contributed by atoms with Crippen molar-refractivity contribution in [3.8, 4) is 16.8 Å². The topological polar surface area (TPSA) is 34.5 Å². The van der Waals surface area contributed by atoms with Gasteiger partial charge in [-0.05, 0) is 52.0 Å². The smallest absolute Gasteiger partial charge is 0.338 e. The van der Waals surface area contributed by atoms with Crippen LogP contribution in [-0.4, -0.2) is 23.6 Å². The third-order valence-electron chi connectivity index (χ3n) is 5.61. The molecule has 0 aliphatic carbocycles. The van der Waals surface area contributed by atoms with Gasteiger partial charge in [0, 0.05) is 23.9 Å². The molecule has 0 amide bonds. The molecular weight excluding hydrogens is 400 g/mol. The van der Waals surface area contributed by atoms with Crippen LogP contribution in [0.5, 0.6) is 0 Å². The summed E-state index contributed by atoms with van der Waals surface area (Å²) in [7, 11) is 2.07. The predicted molar refractivity (Wildman–Crippen MR) is 122 cm³/mol. The van der Waals surface area contributed by atoms with Crippen molar-refractivity contribution in [1.82, 2.24) is 3.96 Å². The van der Waals surface area contributed by atoms with Gasteiger partial charge in [-0.1, -0.05) is 47.5 Å². The van der Waals surface area contributed by atoms with Gasteiger partial charge in [-0.25, -0.2) is 4.79 Å². The second-order valence-electron chi connectivity index (χ2n) is 7.80. The molecule has 2 aromatic carbocycles. The molecule has 0 unspecified atom stereocenters. The molecule has 0 radical (unpaired) electrons. The summed E-state index contributed by atoms with van der Waals surface area (Å²) in [6, 6.07) is 14.2. The molecule has 1 aromatic heterocycles. The zero-order valence-electron chi connectivity index (χ0n) is 17.3. The van der Waals surface area contributed by atoms with E-state index in [0.29, 0.717) is 12.2 Å². The molecule has 0 atom stereocenters. The number of esters is 1. The fourth-order valence-electron chi connectivity index (χ4n) is 3.70. The first kappa shape index (κ1) is 19.9. The van der Waals surface area contributed by atoms with Crippen molar-refractivity contribution in [3.63, 3.8) is 0 Å². The lowest BCUT2D eigenvalue weighted by Crippen LogP contribution is -2.40. The second-order valence-corrected chi connectivity index (χ2v) is 9.14. The highest BCUT2D eigenvalue weighted by atomic mass is 32.1. The second kappa shape index (κ2) is 7.11. The Bertz CT molecular complexity index is 1160. The minimum atomic E-state index is -0.300. The van der Waals surface area contributed by atoms with Gasteiger partial charge >= 0.3 is 5.97 Å². The summed E-state index contributed by atoms with van der Waals surface area (Å²) >= 11 is 7.63. The van der Waals surface area contributed by atoms with Crippen molar-refractivity contribution in [1.29, 1.82) is 0 Å². The zero-order valence-corrected chi connectivity index (χ0v) is 18.9. The van der Waals surface area contributed by atoms with E-state index < -0.39 is 0 Å². The first-order chi connectivity index (χ1) is 13.8. The number of aromatic nitrogens is 1. The zero-order chi connectivity index (χ0) is 20.9. The van der Waals surface area contributed by atoms with Gasteiger partial charge in [-0.2, -0.15) is 0 Å². The highest BCUT2D eigenvalue weighted by molar-refractivity contribution is 7.71. The van der Waals surface area contributed by atoms with E-state index in [4.69, 9.17) is 17.0 Å². The Balaban J connectivity index is 1.93. The molecule has 0 saturated carbocycles. The number of rotatable bonds is 3. The number of nitrogens with zero attached hydrogens (tertiary/aromatic N) is 2. The number of carbonyl (C=O) groups excluding carboxylic acids is 1. The van der Waals surface area contributed by atoms with Crippen molar-refractivity contribution in [2.75, 3.05) is 18.6 Å². The number of hydrogen-bond acceptors (Lipinski definition) is 5. The first-order valence-electron chi connectivity index (χ1n) is 9.65. The van der Waals surface area contributed by atoms with Crippen LogP contribution in [0, 0.1) is 11.6 Å². The molecule has 150 valence electrons. The van der Waals surface area contributed by atoms with Crippen molar-refractivity contribution < 1.29 is 9.53 Å². The van der Waals surface area contributed by atoms with Crippen LogP contribution < -0.4 is 4.90 Å². The number of carbonyl (C=O) groups is 1. The highest BCUT2D eigenvalue weighted by Crippen LogP contribution is 2.50. The van der Waals surface area contributed by atoms with Crippen LogP contribution in [0.25, 0.3) is 16.8 Å². The largest absolute Gasteiger partial charge is 0.462 e. The fourth-order valence-corrected chi connectivity index (χ4v) is 5.43. The number of benzene rings is 2. The summed E-state index contributed by atoms with van der Waals surface area (Å²) in [5, 5.41) is 0. The molecule has 0 bridgehead atoms. The maximum atomic E-state index is 12.3. The molecule has 0 fully saturated rings. The normalized spacial score (nSPS) is 14.3. The summed E-state index contributed by atoms with van der Waals surface area (Å²) in [5.74, 6) is -0.300. The van der Waals surface area contributed by atoms with E-state index in [2.05, 4.69) is 60.9 Å². The van der Waals surface area contributed by atoms with Crippen molar-refractivity contribution in [2.45, 2.75) is 33.2 Å². The monoisotopic (exact) mass is 424 g/mol. The van der Waals surface area contributed by atoms with E-state index in [1.54, 1.807) is 11.5 Å². The molecule has 4 rings (SSSR count). The molecule has 1 aliphatic rings. The van der Waals surface area contributed by atoms with Crippen LogP contribution in [0.15, 0.2) is 42.5 Å². The van der Waals surface area contributed by atoms with E-state index in [0.717, 1.165) is 27.1 Å². The lowest BCUT2D eigenvalue weighted by Gasteiger charge is -2.42. The average Bonchev–Trinajstić information content (AvgIpc) is 3.05. The van der Waals surface area contributed by atoms with E-state index in [1.807, 2.05) is 25.1 Å². The Hall–Kier alpha value is -2.44. The van der Waals surface area contributed by atoms with E-state index in [-0.39, 0.29) is 11.5 Å². The van der Waals surface area contributed by atoms with Gasteiger partial charge in [-0.3, -0.25) is 3.96 Å². The number of fused-ring (bicyclic) bond motifs is 3. The van der Waals surface area contributed by atoms with Crippen LogP contribution in [0.1, 0.15) is 41.6 Å². The molecular formula is C23H24N2O2S2. The van der Waals surface area contributed by atoms with E-state index in [1.165, 1.54) is 10.4 Å². The number of aryl methyl sites for hydroxylation is 1. The van der Waals surface area contributed by atoms with Crippen LogP contribution >= 0.6 is 23.8 Å². The Morgan fingerprint density at radius 2 is 1.86 bits per heavy atom. The molecule has 2 heterocycles. The Morgan fingerprint density at radius 3 is 2.52 bits per heavy atom.